The Hall–Kier alpha value is -2.66. The summed E-state index contributed by atoms with van der Waals surface area (Å²) in [6, 6.07) is 13.7. The standard InChI is InChI=1S/C20H21FN2O2/c21-16-10-8-14(9-11-16)19(24)13-23-20(25)7-3-4-15-12-22-18-6-2-1-5-17(15)18/h1-2,5-6,8-12,19,22,24H,3-4,7,13H2,(H,23,25). The topological polar surface area (TPSA) is 65.1 Å². The van der Waals surface area contributed by atoms with E-state index in [1.54, 1.807) is 0 Å². The number of nitrogens with one attached hydrogen (secondary N) is 2. The minimum Gasteiger partial charge on any atom is -0.387 e. The van der Waals surface area contributed by atoms with Crippen molar-refractivity contribution in [3.8, 4) is 0 Å². The van der Waals surface area contributed by atoms with Crippen molar-refractivity contribution in [2.45, 2.75) is 25.4 Å². The molecule has 25 heavy (non-hydrogen) atoms. The minimum absolute atomic E-state index is 0.0963. The molecule has 0 saturated heterocycles. The summed E-state index contributed by atoms with van der Waals surface area (Å²) < 4.78 is 12.9. The fourth-order valence-electron chi connectivity index (χ4n) is 2.88. The molecule has 3 N–H and O–H groups in total. The lowest BCUT2D eigenvalue weighted by Gasteiger charge is -2.12. The molecule has 1 heterocycles. The van der Waals surface area contributed by atoms with Gasteiger partial charge in [-0.25, -0.2) is 4.39 Å². The van der Waals surface area contributed by atoms with E-state index in [-0.39, 0.29) is 18.3 Å². The van der Waals surface area contributed by atoms with Crippen molar-refractivity contribution in [1.29, 1.82) is 0 Å². The Morgan fingerprint density at radius 3 is 2.72 bits per heavy atom. The Morgan fingerprint density at radius 1 is 1.16 bits per heavy atom. The second-order valence-electron chi connectivity index (χ2n) is 6.08. The van der Waals surface area contributed by atoms with Gasteiger partial charge in [-0.2, -0.15) is 0 Å². The maximum atomic E-state index is 12.9. The van der Waals surface area contributed by atoms with Crippen LogP contribution in [0.15, 0.2) is 54.7 Å². The average Bonchev–Trinajstić information content (AvgIpc) is 3.04. The zero-order chi connectivity index (χ0) is 17.6. The van der Waals surface area contributed by atoms with Crippen LogP contribution in [0.1, 0.15) is 30.1 Å². The highest BCUT2D eigenvalue weighted by Crippen LogP contribution is 2.19. The molecule has 0 spiro atoms. The molecule has 1 unspecified atom stereocenters. The highest BCUT2D eigenvalue weighted by Gasteiger charge is 2.10. The molecule has 0 fully saturated rings. The molecule has 1 aromatic heterocycles. The molecule has 1 amide bonds. The zero-order valence-corrected chi connectivity index (χ0v) is 13.8. The Morgan fingerprint density at radius 2 is 1.92 bits per heavy atom. The van der Waals surface area contributed by atoms with Crippen molar-refractivity contribution in [2.75, 3.05) is 6.54 Å². The normalized spacial score (nSPS) is 12.2. The lowest BCUT2D eigenvalue weighted by Crippen LogP contribution is -2.28. The number of para-hydroxylation sites is 1. The van der Waals surface area contributed by atoms with Crippen LogP contribution >= 0.6 is 0 Å². The maximum absolute atomic E-state index is 12.9. The summed E-state index contributed by atoms with van der Waals surface area (Å²) >= 11 is 0. The number of aryl methyl sites for hydroxylation is 1. The van der Waals surface area contributed by atoms with Gasteiger partial charge in [0, 0.05) is 30.1 Å². The van der Waals surface area contributed by atoms with Gasteiger partial charge < -0.3 is 15.4 Å². The van der Waals surface area contributed by atoms with Gasteiger partial charge in [-0.1, -0.05) is 30.3 Å². The van der Waals surface area contributed by atoms with Gasteiger partial charge in [0.15, 0.2) is 0 Å². The van der Waals surface area contributed by atoms with Crippen LogP contribution < -0.4 is 5.32 Å². The number of amides is 1. The van der Waals surface area contributed by atoms with E-state index in [0.717, 1.165) is 18.4 Å². The fraction of sp³-hybridized carbons (Fsp3) is 0.250. The predicted octanol–water partition coefficient (Wildman–Crippen LogP) is 3.48. The van der Waals surface area contributed by atoms with Crippen LogP contribution in [0, 0.1) is 5.82 Å². The Balaban J connectivity index is 1.43. The number of aromatic amines is 1. The van der Waals surface area contributed by atoms with E-state index in [1.807, 2.05) is 24.4 Å². The smallest absolute Gasteiger partial charge is 0.220 e. The first-order valence-electron chi connectivity index (χ1n) is 8.38. The molecule has 3 rings (SSSR count). The summed E-state index contributed by atoms with van der Waals surface area (Å²) in [5.41, 5.74) is 2.89. The summed E-state index contributed by atoms with van der Waals surface area (Å²) in [5.74, 6) is -0.446. The Bertz CT molecular complexity index is 842. The molecule has 0 aliphatic carbocycles. The van der Waals surface area contributed by atoms with Crippen LogP contribution in [0.4, 0.5) is 4.39 Å². The molecule has 0 aliphatic rings. The molecular formula is C20H21FN2O2. The second-order valence-corrected chi connectivity index (χ2v) is 6.08. The van der Waals surface area contributed by atoms with Crippen molar-refractivity contribution in [3.63, 3.8) is 0 Å². The van der Waals surface area contributed by atoms with Crippen molar-refractivity contribution in [2.24, 2.45) is 0 Å². The first kappa shape index (κ1) is 17.2. The summed E-state index contributed by atoms with van der Waals surface area (Å²) in [5, 5.41) is 13.9. The highest BCUT2D eigenvalue weighted by atomic mass is 19.1. The third-order valence-corrected chi connectivity index (χ3v) is 4.27. The van der Waals surface area contributed by atoms with Crippen LogP contribution in [0.2, 0.25) is 0 Å². The number of rotatable bonds is 7. The monoisotopic (exact) mass is 340 g/mol. The van der Waals surface area contributed by atoms with E-state index < -0.39 is 6.10 Å². The van der Waals surface area contributed by atoms with Crippen molar-refractivity contribution in [3.05, 3.63) is 71.7 Å². The van der Waals surface area contributed by atoms with Gasteiger partial charge in [-0.3, -0.25) is 4.79 Å². The third kappa shape index (κ3) is 4.45. The molecule has 5 heteroatoms. The number of aliphatic hydroxyl groups excluding tert-OH is 1. The lowest BCUT2D eigenvalue weighted by atomic mass is 10.1. The average molecular weight is 340 g/mol. The molecule has 1 atom stereocenters. The molecule has 3 aromatic rings. The van der Waals surface area contributed by atoms with Crippen LogP contribution in [0.3, 0.4) is 0 Å². The maximum Gasteiger partial charge on any atom is 0.220 e. The first-order chi connectivity index (χ1) is 12.1. The molecule has 0 bridgehead atoms. The number of H-pyrrole nitrogens is 1. The summed E-state index contributed by atoms with van der Waals surface area (Å²) in [7, 11) is 0. The van der Waals surface area contributed by atoms with Gasteiger partial charge in [0.05, 0.1) is 6.10 Å². The second kappa shape index (κ2) is 7.94. The lowest BCUT2D eigenvalue weighted by molar-refractivity contribution is -0.121. The molecule has 0 aliphatic heterocycles. The summed E-state index contributed by atoms with van der Waals surface area (Å²) in [6.45, 7) is 0.123. The van der Waals surface area contributed by atoms with Crippen molar-refractivity contribution in [1.82, 2.24) is 10.3 Å². The van der Waals surface area contributed by atoms with Crippen molar-refractivity contribution < 1.29 is 14.3 Å². The summed E-state index contributed by atoms with van der Waals surface area (Å²) in [6.07, 6.45) is 3.10. The largest absolute Gasteiger partial charge is 0.387 e. The number of carbonyl (C=O) groups is 1. The van der Waals surface area contributed by atoms with Crippen LogP contribution in [-0.4, -0.2) is 22.5 Å². The first-order valence-corrected chi connectivity index (χ1v) is 8.38. The van der Waals surface area contributed by atoms with Gasteiger partial charge in [-0.05, 0) is 42.2 Å². The number of aliphatic hydroxyl groups is 1. The number of aromatic nitrogens is 1. The Kier molecular flexibility index (Phi) is 5.46. The van der Waals surface area contributed by atoms with Crippen LogP contribution in [0.25, 0.3) is 10.9 Å². The SMILES string of the molecule is O=C(CCCc1c[nH]c2ccccc12)NCC(O)c1ccc(F)cc1. The third-order valence-electron chi connectivity index (χ3n) is 4.27. The van der Waals surface area contributed by atoms with Gasteiger partial charge in [0.25, 0.3) is 0 Å². The van der Waals surface area contributed by atoms with Gasteiger partial charge >= 0.3 is 0 Å². The van der Waals surface area contributed by atoms with E-state index in [4.69, 9.17) is 0 Å². The molecule has 0 radical (unpaired) electrons. The molecule has 130 valence electrons. The summed E-state index contributed by atoms with van der Waals surface area (Å²) in [4.78, 5) is 15.2. The molecule has 0 saturated carbocycles. The van der Waals surface area contributed by atoms with Crippen molar-refractivity contribution >= 4 is 16.8 Å². The number of halogens is 1. The predicted molar refractivity (Wildman–Crippen MR) is 95.6 cm³/mol. The highest BCUT2D eigenvalue weighted by molar-refractivity contribution is 5.83. The van der Waals surface area contributed by atoms with Gasteiger partial charge in [0.1, 0.15) is 5.82 Å². The van der Waals surface area contributed by atoms with E-state index in [1.165, 1.54) is 35.2 Å². The van der Waals surface area contributed by atoms with Crippen LogP contribution in [0.5, 0.6) is 0 Å². The quantitative estimate of drug-likeness (QED) is 0.616. The molecule has 2 aromatic carbocycles. The fourth-order valence-corrected chi connectivity index (χ4v) is 2.88. The number of hydrogen-bond acceptors (Lipinski definition) is 2. The molecule has 4 nitrogen and oxygen atoms in total. The minimum atomic E-state index is -0.835. The van der Waals surface area contributed by atoms with Crippen LogP contribution in [-0.2, 0) is 11.2 Å². The number of fused-ring (bicyclic) bond motifs is 1. The number of hydrogen-bond donors (Lipinski definition) is 3. The van der Waals surface area contributed by atoms with E-state index in [0.29, 0.717) is 12.0 Å². The van der Waals surface area contributed by atoms with Gasteiger partial charge in [-0.15, -0.1) is 0 Å². The van der Waals surface area contributed by atoms with E-state index in [2.05, 4.69) is 16.4 Å². The number of benzene rings is 2. The van der Waals surface area contributed by atoms with Gasteiger partial charge in [0.2, 0.25) is 5.91 Å². The zero-order valence-electron chi connectivity index (χ0n) is 13.8. The van der Waals surface area contributed by atoms with E-state index >= 15 is 0 Å². The van der Waals surface area contributed by atoms with E-state index in [9.17, 15) is 14.3 Å². The number of carbonyl (C=O) groups excluding carboxylic acids is 1. The molecular weight excluding hydrogens is 319 g/mol. The Labute approximate surface area is 145 Å².